The summed E-state index contributed by atoms with van der Waals surface area (Å²) in [4.78, 5) is 12.4. The zero-order valence-electron chi connectivity index (χ0n) is 13.9. The van der Waals surface area contributed by atoms with Gasteiger partial charge in [0.15, 0.2) is 0 Å². The van der Waals surface area contributed by atoms with E-state index in [1.807, 2.05) is 6.07 Å². The van der Waals surface area contributed by atoms with E-state index in [1.54, 1.807) is 6.92 Å². The zero-order valence-corrected chi connectivity index (χ0v) is 13.9. The van der Waals surface area contributed by atoms with Crippen molar-refractivity contribution in [2.75, 3.05) is 0 Å². The highest BCUT2D eigenvalue weighted by atomic mass is 16.4. The molecule has 1 aliphatic rings. The number of amides is 1. The molecule has 1 N–H and O–H groups in total. The van der Waals surface area contributed by atoms with Gasteiger partial charge in [0.1, 0.15) is 6.42 Å². The predicted octanol–water partition coefficient (Wildman–Crippen LogP) is 3.14. The molecule has 0 radical (unpaired) electrons. The maximum absolute atomic E-state index is 12.4. The molecule has 5 nitrogen and oxygen atoms in total. The molecule has 1 heterocycles. The summed E-state index contributed by atoms with van der Waals surface area (Å²) in [6.45, 7) is 6.25. The monoisotopic (exact) mass is 313 g/mol. The molecule has 1 aliphatic carbocycles. The van der Waals surface area contributed by atoms with Crippen LogP contribution in [0.1, 0.15) is 55.6 Å². The van der Waals surface area contributed by atoms with E-state index in [4.69, 9.17) is 4.42 Å². The largest absolute Gasteiger partial charge is 0.425 e. The average molecular weight is 313 g/mol. The van der Waals surface area contributed by atoms with Crippen molar-refractivity contribution in [3.8, 4) is 0 Å². The van der Waals surface area contributed by atoms with Crippen LogP contribution in [0.25, 0.3) is 0 Å². The Kier molecular flexibility index (Phi) is 4.20. The topological polar surface area (TPSA) is 68.0 Å². The van der Waals surface area contributed by atoms with Crippen LogP contribution in [0.3, 0.4) is 0 Å². The Labute approximate surface area is 136 Å². The van der Waals surface area contributed by atoms with Gasteiger partial charge >= 0.3 is 0 Å². The molecule has 0 unspecified atom stereocenters. The van der Waals surface area contributed by atoms with Crippen molar-refractivity contribution in [3.05, 3.63) is 47.2 Å². The fourth-order valence-electron chi connectivity index (χ4n) is 3.26. The SMILES string of the molecule is Cc1nnc(CC(=O)N[C@@H]2CC(C)(C)CCc3ccccc32)o1. The van der Waals surface area contributed by atoms with Gasteiger partial charge in [0, 0.05) is 6.92 Å². The Bertz CT molecular complexity index is 706. The van der Waals surface area contributed by atoms with Gasteiger partial charge in [0.05, 0.1) is 6.04 Å². The number of rotatable bonds is 3. The minimum Gasteiger partial charge on any atom is -0.425 e. The molecule has 0 aliphatic heterocycles. The van der Waals surface area contributed by atoms with E-state index in [2.05, 4.69) is 47.6 Å². The van der Waals surface area contributed by atoms with Crippen LogP contribution in [0.4, 0.5) is 0 Å². The third-order valence-corrected chi connectivity index (χ3v) is 4.47. The highest BCUT2D eigenvalue weighted by Gasteiger charge is 2.30. The number of fused-ring (bicyclic) bond motifs is 1. The van der Waals surface area contributed by atoms with E-state index in [1.165, 1.54) is 11.1 Å². The molecule has 0 saturated heterocycles. The first-order valence-electron chi connectivity index (χ1n) is 8.09. The summed E-state index contributed by atoms with van der Waals surface area (Å²) in [6.07, 6.45) is 3.23. The molecule has 1 aromatic heterocycles. The van der Waals surface area contributed by atoms with Gasteiger partial charge in [-0.2, -0.15) is 0 Å². The molecular weight excluding hydrogens is 290 g/mol. The molecule has 0 bridgehead atoms. The number of hydrogen-bond acceptors (Lipinski definition) is 4. The van der Waals surface area contributed by atoms with Gasteiger partial charge in [0.25, 0.3) is 0 Å². The molecule has 122 valence electrons. The number of nitrogens with zero attached hydrogens (tertiary/aromatic N) is 2. The van der Waals surface area contributed by atoms with Crippen molar-refractivity contribution in [2.24, 2.45) is 5.41 Å². The summed E-state index contributed by atoms with van der Waals surface area (Å²) in [7, 11) is 0. The molecule has 1 atom stereocenters. The lowest BCUT2D eigenvalue weighted by Crippen LogP contribution is -2.32. The fraction of sp³-hybridized carbons (Fsp3) is 0.500. The third-order valence-electron chi connectivity index (χ3n) is 4.47. The number of carbonyl (C=O) groups is 1. The van der Waals surface area contributed by atoms with Gasteiger partial charge in [0.2, 0.25) is 17.7 Å². The Hall–Kier alpha value is -2.17. The van der Waals surface area contributed by atoms with E-state index >= 15 is 0 Å². The van der Waals surface area contributed by atoms with Crippen LogP contribution in [0.5, 0.6) is 0 Å². The van der Waals surface area contributed by atoms with Crippen LogP contribution in [-0.2, 0) is 17.6 Å². The second-order valence-corrected chi connectivity index (χ2v) is 7.08. The summed E-state index contributed by atoms with van der Waals surface area (Å²) in [5.41, 5.74) is 2.75. The van der Waals surface area contributed by atoms with E-state index < -0.39 is 0 Å². The molecule has 5 heteroatoms. The molecule has 1 aromatic carbocycles. The van der Waals surface area contributed by atoms with Crippen LogP contribution in [0.15, 0.2) is 28.7 Å². The maximum Gasteiger partial charge on any atom is 0.229 e. The van der Waals surface area contributed by atoms with Crippen LogP contribution >= 0.6 is 0 Å². The van der Waals surface area contributed by atoms with Gasteiger partial charge in [-0.05, 0) is 35.8 Å². The van der Waals surface area contributed by atoms with E-state index in [-0.39, 0.29) is 23.8 Å². The lowest BCUT2D eigenvalue weighted by molar-refractivity contribution is -0.121. The van der Waals surface area contributed by atoms with Crippen LogP contribution in [0.2, 0.25) is 0 Å². The van der Waals surface area contributed by atoms with E-state index in [0.717, 1.165) is 19.3 Å². The smallest absolute Gasteiger partial charge is 0.229 e. The summed E-state index contributed by atoms with van der Waals surface area (Å²) in [5.74, 6) is 0.765. The van der Waals surface area contributed by atoms with Gasteiger partial charge in [-0.15, -0.1) is 10.2 Å². The van der Waals surface area contributed by atoms with Gasteiger partial charge in [-0.25, -0.2) is 0 Å². The van der Waals surface area contributed by atoms with Gasteiger partial charge in [-0.1, -0.05) is 38.1 Å². The Morgan fingerprint density at radius 2 is 2.13 bits per heavy atom. The van der Waals surface area contributed by atoms with Crippen molar-refractivity contribution in [1.29, 1.82) is 0 Å². The Balaban J connectivity index is 1.77. The summed E-state index contributed by atoms with van der Waals surface area (Å²) in [6, 6.07) is 8.42. The lowest BCUT2D eigenvalue weighted by Gasteiger charge is -2.27. The first-order chi connectivity index (χ1) is 10.9. The lowest BCUT2D eigenvalue weighted by atomic mass is 9.83. The Morgan fingerprint density at radius 1 is 1.35 bits per heavy atom. The van der Waals surface area contributed by atoms with Gasteiger partial charge < -0.3 is 9.73 Å². The third kappa shape index (κ3) is 3.78. The van der Waals surface area contributed by atoms with Crippen molar-refractivity contribution >= 4 is 5.91 Å². The van der Waals surface area contributed by atoms with Crippen LogP contribution < -0.4 is 5.32 Å². The zero-order chi connectivity index (χ0) is 16.4. The molecule has 0 spiro atoms. The maximum atomic E-state index is 12.4. The number of hydrogen-bond donors (Lipinski definition) is 1. The molecule has 0 saturated carbocycles. The molecule has 0 fully saturated rings. The van der Waals surface area contributed by atoms with E-state index in [9.17, 15) is 4.79 Å². The fourth-order valence-corrected chi connectivity index (χ4v) is 3.26. The second-order valence-electron chi connectivity index (χ2n) is 7.08. The standard InChI is InChI=1S/C18H23N3O2/c1-12-20-21-17(23-12)10-16(22)19-15-11-18(2,3)9-8-13-6-4-5-7-14(13)15/h4-7,15H,8-11H2,1-3H3,(H,19,22)/t15-/m1/s1. The average Bonchev–Trinajstić information content (AvgIpc) is 2.84. The Morgan fingerprint density at radius 3 is 2.87 bits per heavy atom. The number of carbonyl (C=O) groups excluding carboxylic acids is 1. The normalized spacial score (nSPS) is 19.7. The van der Waals surface area contributed by atoms with Crippen LogP contribution in [0, 0.1) is 12.3 Å². The van der Waals surface area contributed by atoms with Crippen LogP contribution in [-0.4, -0.2) is 16.1 Å². The molecule has 3 rings (SSSR count). The number of aryl methyl sites for hydroxylation is 2. The van der Waals surface area contributed by atoms with Crippen molar-refractivity contribution in [1.82, 2.24) is 15.5 Å². The van der Waals surface area contributed by atoms with E-state index in [0.29, 0.717) is 11.8 Å². The highest BCUT2D eigenvalue weighted by Crippen LogP contribution is 2.39. The quantitative estimate of drug-likeness (QED) is 0.884. The highest BCUT2D eigenvalue weighted by molar-refractivity contribution is 5.78. The number of nitrogens with one attached hydrogen (secondary N) is 1. The number of aromatic nitrogens is 2. The van der Waals surface area contributed by atoms with Gasteiger partial charge in [-0.3, -0.25) is 4.79 Å². The molecule has 2 aromatic rings. The number of benzene rings is 1. The van der Waals surface area contributed by atoms with Crippen molar-refractivity contribution in [2.45, 2.75) is 52.5 Å². The predicted molar refractivity (Wildman–Crippen MR) is 86.8 cm³/mol. The van der Waals surface area contributed by atoms with Crippen molar-refractivity contribution in [3.63, 3.8) is 0 Å². The second kappa shape index (κ2) is 6.14. The molecular formula is C18H23N3O2. The molecule has 1 amide bonds. The minimum absolute atomic E-state index is 0.0280. The summed E-state index contributed by atoms with van der Waals surface area (Å²) in [5, 5.41) is 10.8. The summed E-state index contributed by atoms with van der Waals surface area (Å²) < 4.78 is 5.30. The minimum atomic E-state index is -0.0776. The first kappa shape index (κ1) is 15.7. The molecule has 23 heavy (non-hydrogen) atoms. The summed E-state index contributed by atoms with van der Waals surface area (Å²) >= 11 is 0. The first-order valence-corrected chi connectivity index (χ1v) is 8.09. The van der Waals surface area contributed by atoms with Crippen molar-refractivity contribution < 1.29 is 9.21 Å².